The lowest BCUT2D eigenvalue weighted by Crippen LogP contribution is -2.30. The van der Waals surface area contributed by atoms with Gasteiger partial charge in [-0.25, -0.2) is 0 Å². The molecule has 0 fully saturated rings. The van der Waals surface area contributed by atoms with Crippen molar-refractivity contribution in [2.45, 2.75) is 13.3 Å². The van der Waals surface area contributed by atoms with Crippen molar-refractivity contribution in [3.8, 4) is 5.75 Å². The molecule has 1 amide bonds. The highest BCUT2D eigenvalue weighted by atomic mass is 79.9. The molecule has 0 aliphatic rings. The molecule has 0 bridgehead atoms. The molecule has 0 aliphatic heterocycles. The van der Waals surface area contributed by atoms with Gasteiger partial charge in [-0.05, 0) is 59.1 Å². The number of benzene rings is 1. The predicted octanol–water partition coefficient (Wildman–Crippen LogP) is 3.56. The van der Waals surface area contributed by atoms with Crippen LogP contribution in [0.1, 0.15) is 10.4 Å². The van der Waals surface area contributed by atoms with Gasteiger partial charge in [0.15, 0.2) is 6.61 Å². The van der Waals surface area contributed by atoms with E-state index in [0.717, 1.165) is 21.5 Å². The molecule has 2 rings (SSSR count). The molecule has 0 atom stereocenters. The zero-order valence-corrected chi connectivity index (χ0v) is 13.6. The number of ether oxygens (including phenoxy) is 1. The van der Waals surface area contributed by atoms with E-state index in [9.17, 15) is 4.79 Å². The minimum Gasteiger partial charge on any atom is -0.484 e. The summed E-state index contributed by atoms with van der Waals surface area (Å²) in [7, 11) is 0. The fourth-order valence-corrected chi connectivity index (χ4v) is 3.20. The van der Waals surface area contributed by atoms with Crippen LogP contribution in [0, 0.1) is 6.92 Å². The third-order valence-electron chi connectivity index (χ3n) is 2.68. The minimum absolute atomic E-state index is 0.0532. The highest BCUT2D eigenvalue weighted by Gasteiger charge is 2.03. The van der Waals surface area contributed by atoms with Crippen LogP contribution in [0.4, 0.5) is 0 Å². The lowest BCUT2D eigenvalue weighted by atomic mass is 10.2. The third-order valence-corrected chi connectivity index (χ3v) is 4.37. The number of amides is 1. The first-order valence-electron chi connectivity index (χ1n) is 6.34. The molecule has 1 N–H and O–H groups in total. The van der Waals surface area contributed by atoms with Crippen LogP contribution in [0.5, 0.6) is 5.75 Å². The number of carbonyl (C=O) groups is 1. The summed E-state index contributed by atoms with van der Waals surface area (Å²) < 4.78 is 6.55. The summed E-state index contributed by atoms with van der Waals surface area (Å²) >= 11 is 5.11. The molecule has 106 valence electrons. The number of hydrogen-bond donors (Lipinski definition) is 1. The maximum absolute atomic E-state index is 11.7. The molecule has 1 aromatic carbocycles. The first kappa shape index (κ1) is 15.1. The van der Waals surface area contributed by atoms with Gasteiger partial charge >= 0.3 is 0 Å². The van der Waals surface area contributed by atoms with Gasteiger partial charge in [0.25, 0.3) is 5.91 Å². The molecule has 0 aliphatic carbocycles. The molecule has 0 saturated heterocycles. The molecule has 20 heavy (non-hydrogen) atoms. The van der Waals surface area contributed by atoms with E-state index in [4.69, 9.17) is 4.74 Å². The quantitative estimate of drug-likeness (QED) is 0.862. The summed E-state index contributed by atoms with van der Waals surface area (Å²) in [6, 6.07) is 11.7. The summed E-state index contributed by atoms with van der Waals surface area (Å²) in [6.45, 7) is 2.67. The van der Waals surface area contributed by atoms with Crippen LogP contribution >= 0.6 is 27.3 Å². The van der Waals surface area contributed by atoms with E-state index in [1.165, 1.54) is 4.88 Å². The number of carbonyl (C=O) groups excluding carboxylic acids is 1. The SMILES string of the molecule is Cc1cccc(OCC(=O)NCCc2ccc(Br)s2)c1. The molecule has 0 saturated carbocycles. The first-order chi connectivity index (χ1) is 9.63. The van der Waals surface area contributed by atoms with E-state index >= 15 is 0 Å². The summed E-state index contributed by atoms with van der Waals surface area (Å²) in [5, 5.41) is 2.85. The topological polar surface area (TPSA) is 38.3 Å². The molecule has 5 heteroatoms. The maximum atomic E-state index is 11.7. The fourth-order valence-electron chi connectivity index (χ4n) is 1.72. The van der Waals surface area contributed by atoms with Gasteiger partial charge in [-0.3, -0.25) is 4.79 Å². The van der Waals surface area contributed by atoms with Crippen LogP contribution in [0.15, 0.2) is 40.2 Å². The Hall–Kier alpha value is -1.33. The van der Waals surface area contributed by atoms with Crippen molar-refractivity contribution in [1.29, 1.82) is 0 Å². The van der Waals surface area contributed by atoms with E-state index in [1.807, 2.05) is 37.3 Å². The van der Waals surface area contributed by atoms with Gasteiger partial charge in [-0.2, -0.15) is 0 Å². The maximum Gasteiger partial charge on any atom is 0.257 e. The molecule has 0 radical (unpaired) electrons. The van der Waals surface area contributed by atoms with Crippen molar-refractivity contribution in [2.75, 3.05) is 13.2 Å². The second-order valence-electron chi connectivity index (χ2n) is 4.41. The average Bonchev–Trinajstić information content (AvgIpc) is 2.82. The minimum atomic E-state index is -0.0953. The van der Waals surface area contributed by atoms with E-state index in [0.29, 0.717) is 6.54 Å². The van der Waals surface area contributed by atoms with Gasteiger partial charge < -0.3 is 10.1 Å². The van der Waals surface area contributed by atoms with Crippen LogP contribution in [-0.2, 0) is 11.2 Å². The van der Waals surface area contributed by atoms with Crippen molar-refractivity contribution >= 4 is 33.2 Å². The number of aryl methyl sites for hydroxylation is 1. The molecular weight excluding hydrogens is 338 g/mol. The van der Waals surface area contributed by atoms with Crippen LogP contribution in [0.2, 0.25) is 0 Å². The molecule has 0 unspecified atom stereocenters. The van der Waals surface area contributed by atoms with Gasteiger partial charge in [-0.1, -0.05) is 12.1 Å². The lowest BCUT2D eigenvalue weighted by Gasteiger charge is -2.07. The number of halogens is 1. The van der Waals surface area contributed by atoms with Gasteiger partial charge in [0.2, 0.25) is 0 Å². The third kappa shape index (κ3) is 4.98. The number of nitrogens with one attached hydrogen (secondary N) is 1. The Morgan fingerprint density at radius 1 is 1.35 bits per heavy atom. The summed E-state index contributed by atoms with van der Waals surface area (Å²) in [4.78, 5) is 12.9. The standard InChI is InChI=1S/C15H16BrNO2S/c1-11-3-2-4-12(9-11)19-10-15(18)17-8-7-13-5-6-14(16)20-13/h2-6,9H,7-8,10H2,1H3,(H,17,18). The lowest BCUT2D eigenvalue weighted by molar-refractivity contribution is -0.123. The number of hydrogen-bond acceptors (Lipinski definition) is 3. The largest absolute Gasteiger partial charge is 0.484 e. The zero-order valence-electron chi connectivity index (χ0n) is 11.2. The summed E-state index contributed by atoms with van der Waals surface area (Å²) in [5.74, 6) is 0.629. The Bertz CT molecular complexity index is 583. The number of thiophene rings is 1. The van der Waals surface area contributed by atoms with Crippen LogP contribution in [0.25, 0.3) is 0 Å². The van der Waals surface area contributed by atoms with Crippen molar-refractivity contribution in [2.24, 2.45) is 0 Å². The van der Waals surface area contributed by atoms with Crippen molar-refractivity contribution in [1.82, 2.24) is 5.32 Å². The van der Waals surface area contributed by atoms with E-state index < -0.39 is 0 Å². The summed E-state index contributed by atoms with van der Waals surface area (Å²) in [6.07, 6.45) is 0.840. The van der Waals surface area contributed by atoms with Gasteiger partial charge in [0.1, 0.15) is 5.75 Å². The van der Waals surface area contributed by atoms with Gasteiger partial charge in [0, 0.05) is 11.4 Å². The highest BCUT2D eigenvalue weighted by Crippen LogP contribution is 2.22. The van der Waals surface area contributed by atoms with Crippen LogP contribution < -0.4 is 10.1 Å². The van der Waals surface area contributed by atoms with Gasteiger partial charge in [0.05, 0.1) is 3.79 Å². The Kier molecular flexibility index (Phi) is 5.61. The molecular formula is C15H16BrNO2S. The summed E-state index contributed by atoms with van der Waals surface area (Å²) in [5.41, 5.74) is 1.12. The monoisotopic (exact) mass is 353 g/mol. The zero-order chi connectivity index (χ0) is 14.4. The normalized spacial score (nSPS) is 10.3. The van der Waals surface area contributed by atoms with Crippen molar-refractivity contribution in [3.05, 3.63) is 50.6 Å². The fraction of sp³-hybridized carbons (Fsp3) is 0.267. The molecule has 2 aromatic rings. The molecule has 3 nitrogen and oxygen atoms in total. The van der Waals surface area contributed by atoms with Crippen molar-refractivity contribution in [3.63, 3.8) is 0 Å². The van der Waals surface area contributed by atoms with E-state index in [2.05, 4.69) is 27.3 Å². The molecule has 1 heterocycles. The Morgan fingerprint density at radius 2 is 2.20 bits per heavy atom. The molecule has 1 aromatic heterocycles. The second-order valence-corrected chi connectivity index (χ2v) is 6.96. The smallest absolute Gasteiger partial charge is 0.257 e. The Labute approximate surface area is 131 Å². The Morgan fingerprint density at radius 3 is 2.90 bits per heavy atom. The highest BCUT2D eigenvalue weighted by molar-refractivity contribution is 9.11. The Balaban J connectivity index is 1.68. The molecule has 0 spiro atoms. The van der Waals surface area contributed by atoms with Crippen LogP contribution in [0.3, 0.4) is 0 Å². The van der Waals surface area contributed by atoms with Crippen LogP contribution in [-0.4, -0.2) is 19.1 Å². The second kappa shape index (κ2) is 7.45. The van der Waals surface area contributed by atoms with Gasteiger partial charge in [-0.15, -0.1) is 11.3 Å². The number of rotatable bonds is 6. The van der Waals surface area contributed by atoms with E-state index in [1.54, 1.807) is 11.3 Å². The first-order valence-corrected chi connectivity index (χ1v) is 7.95. The predicted molar refractivity (Wildman–Crippen MR) is 85.4 cm³/mol. The van der Waals surface area contributed by atoms with E-state index in [-0.39, 0.29) is 12.5 Å². The average molecular weight is 354 g/mol. The van der Waals surface area contributed by atoms with Crippen molar-refractivity contribution < 1.29 is 9.53 Å².